The topological polar surface area (TPSA) is 73.3 Å². The molecule has 2 rings (SSSR count). The molecule has 0 bridgehead atoms. The fraction of sp³-hybridized carbons (Fsp3) is 0.458. The first kappa shape index (κ1) is 24.2. The van der Waals surface area contributed by atoms with Crippen LogP contribution in [0.4, 0.5) is 0 Å². The fourth-order valence-corrected chi connectivity index (χ4v) is 3.06. The Morgan fingerprint density at radius 3 is 2.13 bits per heavy atom. The number of methoxy groups -OCH3 is 3. The van der Waals surface area contributed by atoms with E-state index in [0.29, 0.717) is 23.8 Å². The van der Waals surface area contributed by atoms with Gasteiger partial charge < -0.3 is 29.6 Å². The van der Waals surface area contributed by atoms with Crippen LogP contribution in [0.1, 0.15) is 30.9 Å². The van der Waals surface area contributed by atoms with E-state index >= 15 is 0 Å². The molecule has 0 amide bonds. The Labute approximate surface area is 185 Å². The second-order valence-electron chi connectivity index (χ2n) is 6.98. The zero-order valence-electron chi connectivity index (χ0n) is 19.3. The Balaban J connectivity index is 1.84. The van der Waals surface area contributed by atoms with Crippen molar-refractivity contribution in [3.63, 3.8) is 0 Å². The lowest BCUT2D eigenvalue weighted by molar-refractivity contribution is 0.309. The Morgan fingerprint density at radius 2 is 1.58 bits per heavy atom. The molecule has 0 aromatic heterocycles. The average Bonchev–Trinajstić information content (AvgIpc) is 2.81. The van der Waals surface area contributed by atoms with Crippen molar-refractivity contribution in [1.29, 1.82) is 0 Å². The summed E-state index contributed by atoms with van der Waals surface area (Å²) < 4.78 is 21.9. The van der Waals surface area contributed by atoms with E-state index in [-0.39, 0.29) is 0 Å². The molecule has 0 atom stereocenters. The molecule has 2 N–H and O–H groups in total. The van der Waals surface area contributed by atoms with Crippen LogP contribution in [0.25, 0.3) is 0 Å². The maximum atomic E-state index is 5.71. The molecule has 7 nitrogen and oxygen atoms in total. The third-order valence-corrected chi connectivity index (χ3v) is 4.80. The minimum atomic E-state index is 0.570. The van der Waals surface area contributed by atoms with Crippen molar-refractivity contribution in [1.82, 2.24) is 10.6 Å². The van der Waals surface area contributed by atoms with Gasteiger partial charge in [0.15, 0.2) is 17.5 Å². The molecule has 0 aliphatic heterocycles. The molecule has 0 spiro atoms. The zero-order chi connectivity index (χ0) is 22.5. The van der Waals surface area contributed by atoms with E-state index in [4.69, 9.17) is 18.9 Å². The Morgan fingerprint density at radius 1 is 0.903 bits per heavy atom. The summed E-state index contributed by atoms with van der Waals surface area (Å²) >= 11 is 0. The zero-order valence-corrected chi connectivity index (χ0v) is 19.3. The average molecular weight is 430 g/mol. The highest BCUT2D eigenvalue weighted by atomic mass is 16.5. The summed E-state index contributed by atoms with van der Waals surface area (Å²) in [5, 5.41) is 6.66. The highest BCUT2D eigenvalue weighted by Gasteiger charge is 2.13. The predicted molar refractivity (Wildman–Crippen MR) is 125 cm³/mol. The lowest BCUT2D eigenvalue weighted by atomic mass is 10.1. The van der Waals surface area contributed by atoms with Crippen molar-refractivity contribution in [2.45, 2.75) is 32.7 Å². The highest BCUT2D eigenvalue weighted by Crippen LogP contribution is 2.38. The number of hydrogen-bond donors (Lipinski definition) is 2. The molecule has 31 heavy (non-hydrogen) atoms. The molecule has 0 aliphatic carbocycles. The van der Waals surface area contributed by atoms with Gasteiger partial charge in [0.2, 0.25) is 5.75 Å². The number of ether oxygens (including phenoxy) is 4. The number of nitrogens with one attached hydrogen (secondary N) is 2. The van der Waals surface area contributed by atoms with Crippen molar-refractivity contribution < 1.29 is 18.9 Å². The fourth-order valence-electron chi connectivity index (χ4n) is 3.06. The quantitative estimate of drug-likeness (QED) is 0.304. The van der Waals surface area contributed by atoms with Crippen LogP contribution in [0, 0.1) is 0 Å². The van der Waals surface area contributed by atoms with Gasteiger partial charge in [0, 0.05) is 20.1 Å². The van der Waals surface area contributed by atoms with Gasteiger partial charge in [-0.05, 0) is 48.2 Å². The molecule has 7 heteroatoms. The summed E-state index contributed by atoms with van der Waals surface area (Å²) in [6.45, 7) is 4.27. The molecule has 2 aromatic rings. The summed E-state index contributed by atoms with van der Waals surface area (Å²) in [6, 6.07) is 12.1. The largest absolute Gasteiger partial charge is 0.494 e. The van der Waals surface area contributed by atoms with Crippen LogP contribution >= 0.6 is 0 Å². The minimum absolute atomic E-state index is 0.570. The number of aliphatic imine (C=N–C) groups is 1. The second kappa shape index (κ2) is 13.3. The SMILES string of the molecule is CCCCOc1ccc(CCNC(=NC)NCc2cc(OC)c(OC)c(OC)c2)cc1. The van der Waals surface area contributed by atoms with Crippen LogP contribution < -0.4 is 29.6 Å². The summed E-state index contributed by atoms with van der Waals surface area (Å²) in [4.78, 5) is 4.30. The maximum absolute atomic E-state index is 5.71. The minimum Gasteiger partial charge on any atom is -0.494 e. The lowest BCUT2D eigenvalue weighted by Gasteiger charge is -2.16. The van der Waals surface area contributed by atoms with E-state index in [9.17, 15) is 0 Å². The first-order valence-corrected chi connectivity index (χ1v) is 10.6. The smallest absolute Gasteiger partial charge is 0.203 e. The molecular formula is C24H35N3O4. The molecule has 0 fully saturated rings. The van der Waals surface area contributed by atoms with Crippen molar-refractivity contribution in [2.75, 3.05) is 41.5 Å². The summed E-state index contributed by atoms with van der Waals surface area (Å²) in [6.07, 6.45) is 3.10. The van der Waals surface area contributed by atoms with E-state index in [1.165, 1.54) is 5.56 Å². The van der Waals surface area contributed by atoms with Gasteiger partial charge in [-0.15, -0.1) is 0 Å². The van der Waals surface area contributed by atoms with Gasteiger partial charge in [-0.25, -0.2) is 0 Å². The lowest BCUT2D eigenvalue weighted by Crippen LogP contribution is -2.37. The van der Waals surface area contributed by atoms with E-state index in [1.807, 2.05) is 24.3 Å². The summed E-state index contributed by atoms with van der Waals surface area (Å²) in [5.41, 5.74) is 2.24. The van der Waals surface area contributed by atoms with E-state index in [0.717, 1.165) is 49.7 Å². The third-order valence-electron chi connectivity index (χ3n) is 4.80. The molecule has 170 valence electrons. The summed E-state index contributed by atoms with van der Waals surface area (Å²) in [7, 11) is 6.57. The molecule has 0 heterocycles. The highest BCUT2D eigenvalue weighted by molar-refractivity contribution is 5.79. The number of nitrogens with zero attached hydrogens (tertiary/aromatic N) is 1. The van der Waals surface area contributed by atoms with E-state index in [1.54, 1.807) is 28.4 Å². The van der Waals surface area contributed by atoms with Crippen LogP contribution in [-0.2, 0) is 13.0 Å². The standard InChI is InChI=1S/C24H35N3O4/c1-6-7-14-31-20-10-8-18(9-11-20)12-13-26-24(25-2)27-17-19-15-21(28-3)23(30-5)22(16-19)29-4/h8-11,15-16H,6-7,12-14,17H2,1-5H3,(H2,25,26,27). The molecule has 0 aliphatic rings. The van der Waals surface area contributed by atoms with Crippen LogP contribution in [0.5, 0.6) is 23.0 Å². The van der Waals surface area contributed by atoms with Crippen LogP contribution in [0.2, 0.25) is 0 Å². The second-order valence-corrected chi connectivity index (χ2v) is 6.98. The number of hydrogen-bond acceptors (Lipinski definition) is 5. The van der Waals surface area contributed by atoms with Gasteiger partial charge in [-0.3, -0.25) is 4.99 Å². The normalized spacial score (nSPS) is 11.1. The molecule has 0 saturated heterocycles. The van der Waals surface area contributed by atoms with Crippen LogP contribution in [0.15, 0.2) is 41.4 Å². The van der Waals surface area contributed by atoms with Gasteiger partial charge in [0.05, 0.1) is 27.9 Å². The van der Waals surface area contributed by atoms with Crippen LogP contribution in [-0.4, -0.2) is 47.5 Å². The maximum Gasteiger partial charge on any atom is 0.203 e. The van der Waals surface area contributed by atoms with Gasteiger partial charge in [-0.1, -0.05) is 25.5 Å². The molecule has 0 radical (unpaired) electrons. The van der Waals surface area contributed by atoms with Crippen LogP contribution in [0.3, 0.4) is 0 Å². The molecule has 2 aromatic carbocycles. The number of rotatable bonds is 12. The molecule has 0 unspecified atom stereocenters. The predicted octanol–water partition coefficient (Wildman–Crippen LogP) is 3.80. The van der Waals surface area contributed by atoms with Crippen molar-refractivity contribution >= 4 is 5.96 Å². The van der Waals surface area contributed by atoms with E-state index < -0.39 is 0 Å². The third kappa shape index (κ3) is 7.59. The monoisotopic (exact) mass is 429 g/mol. The number of guanidine groups is 1. The van der Waals surface area contributed by atoms with Gasteiger partial charge >= 0.3 is 0 Å². The van der Waals surface area contributed by atoms with Gasteiger partial charge in [-0.2, -0.15) is 0 Å². The Hall–Kier alpha value is -3.09. The number of unbranched alkanes of at least 4 members (excludes halogenated alkanes) is 1. The summed E-state index contributed by atoms with van der Waals surface area (Å²) in [5.74, 6) is 3.49. The van der Waals surface area contributed by atoms with Crippen molar-refractivity contribution in [3.8, 4) is 23.0 Å². The Bertz CT molecular complexity index is 797. The first-order valence-electron chi connectivity index (χ1n) is 10.6. The van der Waals surface area contributed by atoms with Gasteiger partial charge in [0.1, 0.15) is 5.75 Å². The molecule has 0 saturated carbocycles. The van der Waals surface area contributed by atoms with Crippen molar-refractivity contribution in [2.24, 2.45) is 4.99 Å². The van der Waals surface area contributed by atoms with E-state index in [2.05, 4.69) is 34.7 Å². The van der Waals surface area contributed by atoms with Gasteiger partial charge in [0.25, 0.3) is 0 Å². The van der Waals surface area contributed by atoms with Crippen molar-refractivity contribution in [3.05, 3.63) is 47.5 Å². The number of benzene rings is 2. The molecular weight excluding hydrogens is 394 g/mol. The first-order chi connectivity index (χ1) is 15.1. The Kier molecular flexibility index (Phi) is 10.3.